The molecular weight excluding hydrogens is 392 g/mol. The van der Waals surface area contributed by atoms with Crippen molar-refractivity contribution < 1.29 is 4.79 Å². The molecule has 0 aliphatic carbocycles. The molecule has 0 aliphatic heterocycles. The number of H-pyrrole nitrogens is 1. The zero-order valence-electron chi connectivity index (χ0n) is 15.0. The Balaban J connectivity index is 1.57. The first-order valence-electron chi connectivity index (χ1n) is 8.50. The van der Waals surface area contributed by atoms with Crippen LogP contribution in [0.15, 0.2) is 66.2 Å². The summed E-state index contributed by atoms with van der Waals surface area (Å²) >= 11 is 5.99. The lowest BCUT2D eigenvalue weighted by molar-refractivity contribution is 0.100. The highest BCUT2D eigenvalue weighted by Crippen LogP contribution is 2.27. The topological polar surface area (TPSA) is 127 Å². The largest absolute Gasteiger partial charge is 0.365 e. The molecule has 29 heavy (non-hydrogen) atoms. The van der Waals surface area contributed by atoms with Gasteiger partial charge in [-0.3, -0.25) is 9.89 Å². The van der Waals surface area contributed by atoms with Gasteiger partial charge in [0.2, 0.25) is 0 Å². The number of aromatic nitrogens is 5. The summed E-state index contributed by atoms with van der Waals surface area (Å²) in [5.41, 5.74) is 8.05. The lowest BCUT2D eigenvalue weighted by Crippen LogP contribution is -2.12. The minimum absolute atomic E-state index is 0.153. The van der Waals surface area contributed by atoms with E-state index in [9.17, 15) is 4.79 Å². The average Bonchev–Trinajstić information content (AvgIpc) is 3.37. The molecule has 0 aliphatic rings. The van der Waals surface area contributed by atoms with Gasteiger partial charge in [0.25, 0.3) is 5.91 Å². The summed E-state index contributed by atoms with van der Waals surface area (Å²) in [6.45, 7) is 0. The minimum Gasteiger partial charge on any atom is -0.365 e. The van der Waals surface area contributed by atoms with Gasteiger partial charge in [-0.05, 0) is 35.9 Å². The smallest absolute Gasteiger partial charge is 0.256 e. The molecule has 1 amide bonds. The molecule has 0 bridgehead atoms. The minimum atomic E-state index is -0.656. The van der Waals surface area contributed by atoms with Crippen LogP contribution in [0.2, 0.25) is 5.02 Å². The Morgan fingerprint density at radius 3 is 2.76 bits per heavy atom. The summed E-state index contributed by atoms with van der Waals surface area (Å²) in [6, 6.07) is 14.5. The normalized spacial score (nSPS) is 11.1. The number of nitrogens with two attached hydrogens (primary N) is 1. The van der Waals surface area contributed by atoms with Gasteiger partial charge >= 0.3 is 0 Å². The molecule has 9 nitrogen and oxygen atoms in total. The van der Waals surface area contributed by atoms with Gasteiger partial charge < -0.3 is 11.1 Å². The van der Waals surface area contributed by atoms with Crippen LogP contribution in [0.25, 0.3) is 5.69 Å². The maximum Gasteiger partial charge on any atom is 0.256 e. The fourth-order valence-electron chi connectivity index (χ4n) is 2.65. The first kappa shape index (κ1) is 18.4. The van der Waals surface area contributed by atoms with Crippen molar-refractivity contribution in [3.63, 3.8) is 0 Å². The van der Waals surface area contributed by atoms with Gasteiger partial charge in [0.05, 0.1) is 5.69 Å². The van der Waals surface area contributed by atoms with E-state index in [4.69, 9.17) is 17.3 Å². The standard InChI is InChI=1S/C19H15ClN8O/c20-13-2-1-3-14(8-13)25-19-16(17(21)29)18(26-27-19)23-9-12-4-6-15(7-5-12)28-11-22-10-24-28/h1-11H,(H2,21,29)(H2,25,26,27)/b23-9+. The summed E-state index contributed by atoms with van der Waals surface area (Å²) in [5, 5.41) is 14.5. The van der Waals surface area contributed by atoms with Gasteiger partial charge in [-0.25, -0.2) is 14.7 Å². The van der Waals surface area contributed by atoms with Crippen LogP contribution in [-0.2, 0) is 0 Å². The van der Waals surface area contributed by atoms with E-state index in [2.05, 4.69) is 30.6 Å². The Hall–Kier alpha value is -3.98. The van der Waals surface area contributed by atoms with Gasteiger partial charge in [0.1, 0.15) is 18.2 Å². The molecule has 2 heterocycles. The van der Waals surface area contributed by atoms with E-state index in [0.717, 1.165) is 11.3 Å². The third kappa shape index (κ3) is 4.14. The first-order valence-corrected chi connectivity index (χ1v) is 8.88. The molecule has 144 valence electrons. The van der Waals surface area contributed by atoms with E-state index in [1.54, 1.807) is 41.5 Å². The van der Waals surface area contributed by atoms with Crippen LogP contribution in [-0.4, -0.2) is 37.1 Å². The Bertz CT molecular complexity index is 1170. The molecule has 4 aromatic rings. The second-order valence-electron chi connectivity index (χ2n) is 5.99. The molecule has 0 atom stereocenters. The fourth-order valence-corrected chi connectivity index (χ4v) is 2.84. The molecule has 0 saturated carbocycles. The molecule has 0 unspecified atom stereocenters. The predicted octanol–water partition coefficient (Wildman–Crippen LogP) is 3.24. The lowest BCUT2D eigenvalue weighted by Gasteiger charge is -2.04. The van der Waals surface area contributed by atoms with Crippen molar-refractivity contribution in [1.82, 2.24) is 25.0 Å². The third-order valence-corrected chi connectivity index (χ3v) is 4.24. The van der Waals surface area contributed by atoms with Crippen LogP contribution in [0.3, 0.4) is 0 Å². The van der Waals surface area contributed by atoms with E-state index < -0.39 is 5.91 Å². The highest BCUT2D eigenvalue weighted by molar-refractivity contribution is 6.30. The first-order chi connectivity index (χ1) is 14.1. The molecule has 4 rings (SSSR count). The van der Waals surface area contributed by atoms with Gasteiger partial charge in [0.15, 0.2) is 11.6 Å². The van der Waals surface area contributed by atoms with E-state index >= 15 is 0 Å². The van der Waals surface area contributed by atoms with E-state index in [0.29, 0.717) is 10.7 Å². The molecule has 4 N–H and O–H groups in total. The summed E-state index contributed by atoms with van der Waals surface area (Å²) in [4.78, 5) is 20.2. The molecule has 2 aromatic heterocycles. The number of nitrogens with zero attached hydrogens (tertiary/aromatic N) is 5. The Morgan fingerprint density at radius 1 is 1.24 bits per heavy atom. The monoisotopic (exact) mass is 406 g/mol. The van der Waals surface area contributed by atoms with Crippen molar-refractivity contribution in [2.24, 2.45) is 10.7 Å². The molecule has 0 saturated heterocycles. The number of hydrogen-bond donors (Lipinski definition) is 3. The quantitative estimate of drug-likeness (QED) is 0.423. The third-order valence-electron chi connectivity index (χ3n) is 4.00. The SMILES string of the molecule is NC(=O)c1c(Nc2cccc(Cl)c2)n[nH]c1/N=C/c1ccc(-n2cncn2)cc1. The second-order valence-corrected chi connectivity index (χ2v) is 6.42. The molecule has 10 heteroatoms. The van der Waals surface area contributed by atoms with Gasteiger partial charge in [-0.1, -0.05) is 29.8 Å². The number of aliphatic imine (C=N–C) groups is 1. The summed E-state index contributed by atoms with van der Waals surface area (Å²) < 4.78 is 1.65. The van der Waals surface area contributed by atoms with Gasteiger partial charge in [-0.2, -0.15) is 10.2 Å². The number of anilines is 2. The Kier molecular flexibility index (Phi) is 5.04. The Labute approximate surface area is 170 Å². The van der Waals surface area contributed by atoms with Crippen molar-refractivity contribution in [2.75, 3.05) is 5.32 Å². The van der Waals surface area contributed by atoms with Crippen LogP contribution >= 0.6 is 11.6 Å². The molecule has 2 aromatic carbocycles. The number of carbonyl (C=O) groups excluding carboxylic acids is 1. The average molecular weight is 407 g/mol. The molecular formula is C19H15ClN8O. The Morgan fingerprint density at radius 2 is 2.07 bits per heavy atom. The van der Waals surface area contributed by atoms with Crippen molar-refractivity contribution in [1.29, 1.82) is 0 Å². The summed E-state index contributed by atoms with van der Waals surface area (Å²) in [6.07, 6.45) is 4.68. The lowest BCUT2D eigenvalue weighted by atomic mass is 10.2. The van der Waals surface area contributed by atoms with Crippen LogP contribution in [0.1, 0.15) is 15.9 Å². The number of nitrogens with one attached hydrogen (secondary N) is 2. The fraction of sp³-hybridized carbons (Fsp3) is 0. The number of hydrogen-bond acceptors (Lipinski definition) is 6. The summed E-state index contributed by atoms with van der Waals surface area (Å²) in [7, 11) is 0. The maximum atomic E-state index is 12.0. The predicted molar refractivity (Wildman–Crippen MR) is 110 cm³/mol. The van der Waals surface area contributed by atoms with Crippen molar-refractivity contribution in [3.8, 4) is 5.69 Å². The van der Waals surface area contributed by atoms with E-state index in [1.807, 2.05) is 24.3 Å². The van der Waals surface area contributed by atoms with E-state index in [-0.39, 0.29) is 17.2 Å². The second kappa shape index (κ2) is 7.95. The number of aromatic amines is 1. The number of carbonyl (C=O) groups is 1. The van der Waals surface area contributed by atoms with Gasteiger partial charge in [0, 0.05) is 16.9 Å². The zero-order chi connectivity index (χ0) is 20.2. The van der Waals surface area contributed by atoms with Gasteiger partial charge in [-0.15, -0.1) is 0 Å². The maximum absolute atomic E-state index is 12.0. The number of amides is 1. The molecule has 0 fully saturated rings. The van der Waals surface area contributed by atoms with Crippen molar-refractivity contribution in [2.45, 2.75) is 0 Å². The van der Waals surface area contributed by atoms with Crippen LogP contribution in [0.5, 0.6) is 0 Å². The summed E-state index contributed by atoms with van der Waals surface area (Å²) in [5.74, 6) is -0.132. The number of benzene rings is 2. The van der Waals surface area contributed by atoms with Crippen LogP contribution in [0.4, 0.5) is 17.3 Å². The van der Waals surface area contributed by atoms with E-state index in [1.165, 1.54) is 6.33 Å². The molecule has 0 radical (unpaired) electrons. The number of rotatable bonds is 6. The highest BCUT2D eigenvalue weighted by Gasteiger charge is 2.18. The van der Waals surface area contributed by atoms with Crippen LogP contribution in [0, 0.1) is 0 Å². The number of primary amides is 1. The highest BCUT2D eigenvalue weighted by atomic mass is 35.5. The zero-order valence-corrected chi connectivity index (χ0v) is 15.7. The van der Waals surface area contributed by atoms with Crippen LogP contribution < -0.4 is 11.1 Å². The number of halogens is 1. The molecule has 0 spiro atoms. The van der Waals surface area contributed by atoms with Crippen molar-refractivity contribution in [3.05, 3.63) is 77.3 Å². The van der Waals surface area contributed by atoms with Crippen molar-refractivity contribution >= 4 is 41.0 Å².